The molecule has 0 heterocycles. The zero-order valence-electron chi connectivity index (χ0n) is 7.85. The Morgan fingerprint density at radius 1 is 1.00 bits per heavy atom. The van der Waals surface area contributed by atoms with Crippen LogP contribution in [0.2, 0.25) is 0 Å². The van der Waals surface area contributed by atoms with E-state index in [0.717, 1.165) is 10.2 Å². The molecule has 2 aromatic rings. The van der Waals surface area contributed by atoms with Gasteiger partial charge in [0.15, 0.2) is 0 Å². The second-order valence-electron chi connectivity index (χ2n) is 3.03. The topological polar surface area (TPSA) is 29.5 Å². The maximum atomic E-state index is 9.27. The Morgan fingerprint density at radius 2 is 1.80 bits per heavy atom. The molecule has 0 saturated carbocycles. The molecule has 2 aromatic carbocycles. The number of phenolic OH excluding ortho intramolecular Hbond substituents is 1. The van der Waals surface area contributed by atoms with Crippen LogP contribution in [-0.4, -0.2) is 5.11 Å². The first-order valence-electron chi connectivity index (χ1n) is 4.47. The summed E-state index contributed by atoms with van der Waals surface area (Å²) >= 11 is 3.38. The fourth-order valence-corrected chi connectivity index (χ4v) is 1.57. The van der Waals surface area contributed by atoms with Gasteiger partial charge in [0.2, 0.25) is 0 Å². The maximum absolute atomic E-state index is 9.27. The molecule has 2 nitrogen and oxygen atoms in total. The molecule has 0 bridgehead atoms. The fraction of sp³-hybridized carbons (Fsp3) is 0. The van der Waals surface area contributed by atoms with Crippen LogP contribution in [0.4, 0.5) is 0 Å². The molecular weight excluding hydrogens is 256 g/mol. The molecular formula is C12H9BrO2. The monoisotopic (exact) mass is 264 g/mol. The molecule has 15 heavy (non-hydrogen) atoms. The number of para-hydroxylation sites is 1. The van der Waals surface area contributed by atoms with Gasteiger partial charge in [-0.1, -0.05) is 18.2 Å². The Labute approximate surface area is 96.3 Å². The Hall–Kier alpha value is -1.48. The van der Waals surface area contributed by atoms with Crippen LogP contribution in [0.25, 0.3) is 0 Å². The van der Waals surface area contributed by atoms with Crippen molar-refractivity contribution in [2.45, 2.75) is 0 Å². The summed E-state index contributed by atoms with van der Waals surface area (Å²) in [4.78, 5) is 0. The quantitative estimate of drug-likeness (QED) is 0.890. The highest BCUT2D eigenvalue weighted by molar-refractivity contribution is 9.10. The van der Waals surface area contributed by atoms with E-state index in [4.69, 9.17) is 4.74 Å². The lowest BCUT2D eigenvalue weighted by atomic mass is 10.3. The third-order valence-electron chi connectivity index (χ3n) is 1.88. The van der Waals surface area contributed by atoms with E-state index in [1.54, 1.807) is 24.3 Å². The second kappa shape index (κ2) is 4.36. The summed E-state index contributed by atoms with van der Waals surface area (Å²) in [5.41, 5.74) is 0. The summed E-state index contributed by atoms with van der Waals surface area (Å²) in [6, 6.07) is 14.3. The number of aromatic hydroxyl groups is 1. The Balaban J connectivity index is 2.26. The molecule has 0 aliphatic carbocycles. The van der Waals surface area contributed by atoms with Gasteiger partial charge in [-0.3, -0.25) is 0 Å². The number of rotatable bonds is 2. The number of ether oxygens (including phenoxy) is 1. The first-order chi connectivity index (χ1) is 7.25. The molecule has 3 heteroatoms. The van der Waals surface area contributed by atoms with Crippen molar-refractivity contribution in [1.29, 1.82) is 0 Å². The Morgan fingerprint density at radius 3 is 2.53 bits per heavy atom. The molecule has 0 atom stereocenters. The van der Waals surface area contributed by atoms with E-state index in [0.29, 0.717) is 5.75 Å². The molecule has 0 saturated heterocycles. The first-order valence-corrected chi connectivity index (χ1v) is 5.26. The fourth-order valence-electron chi connectivity index (χ4n) is 1.20. The van der Waals surface area contributed by atoms with E-state index in [1.165, 1.54) is 0 Å². The van der Waals surface area contributed by atoms with Crippen molar-refractivity contribution in [2.75, 3.05) is 0 Å². The van der Waals surface area contributed by atoms with Crippen molar-refractivity contribution < 1.29 is 9.84 Å². The maximum Gasteiger partial charge on any atom is 0.141 e. The lowest BCUT2D eigenvalue weighted by Crippen LogP contribution is -1.84. The van der Waals surface area contributed by atoms with Crippen LogP contribution in [0.1, 0.15) is 0 Å². The van der Waals surface area contributed by atoms with Gasteiger partial charge in [0, 0.05) is 6.07 Å². The molecule has 0 radical (unpaired) electrons. The van der Waals surface area contributed by atoms with Gasteiger partial charge in [-0.2, -0.15) is 0 Å². The van der Waals surface area contributed by atoms with Crippen molar-refractivity contribution >= 4 is 15.9 Å². The third-order valence-corrected chi connectivity index (χ3v) is 2.54. The predicted octanol–water partition coefficient (Wildman–Crippen LogP) is 3.95. The first kappa shape index (κ1) is 10.1. The summed E-state index contributed by atoms with van der Waals surface area (Å²) in [6.07, 6.45) is 0. The molecule has 0 unspecified atom stereocenters. The zero-order chi connectivity index (χ0) is 10.7. The number of benzene rings is 2. The minimum atomic E-state index is 0.194. The summed E-state index contributed by atoms with van der Waals surface area (Å²) in [5.74, 6) is 1.53. The Bertz CT molecular complexity index is 469. The van der Waals surface area contributed by atoms with Crippen LogP contribution < -0.4 is 4.74 Å². The van der Waals surface area contributed by atoms with Crippen LogP contribution in [0.3, 0.4) is 0 Å². The van der Waals surface area contributed by atoms with E-state index in [9.17, 15) is 5.11 Å². The van der Waals surface area contributed by atoms with E-state index < -0.39 is 0 Å². The number of halogens is 1. The van der Waals surface area contributed by atoms with E-state index in [1.807, 2.05) is 24.3 Å². The second-order valence-corrected chi connectivity index (χ2v) is 3.88. The zero-order valence-corrected chi connectivity index (χ0v) is 9.44. The van der Waals surface area contributed by atoms with Gasteiger partial charge in [-0.25, -0.2) is 0 Å². The average Bonchev–Trinajstić information content (AvgIpc) is 2.22. The normalized spacial score (nSPS) is 9.93. The highest BCUT2D eigenvalue weighted by Gasteiger charge is 2.01. The van der Waals surface area contributed by atoms with Crippen LogP contribution in [0, 0.1) is 0 Å². The molecule has 0 amide bonds. The van der Waals surface area contributed by atoms with Gasteiger partial charge in [0.1, 0.15) is 17.2 Å². The van der Waals surface area contributed by atoms with Crippen LogP contribution in [0.15, 0.2) is 53.0 Å². The van der Waals surface area contributed by atoms with Crippen LogP contribution >= 0.6 is 15.9 Å². The van der Waals surface area contributed by atoms with Gasteiger partial charge in [0.25, 0.3) is 0 Å². The number of hydrogen-bond donors (Lipinski definition) is 1. The summed E-state index contributed by atoms with van der Waals surface area (Å²) in [6.45, 7) is 0. The highest BCUT2D eigenvalue weighted by atomic mass is 79.9. The molecule has 0 spiro atoms. The SMILES string of the molecule is Oc1cccc(Oc2ccccc2Br)c1. The van der Waals surface area contributed by atoms with Crippen molar-refractivity contribution in [3.63, 3.8) is 0 Å². The summed E-state index contributed by atoms with van der Waals surface area (Å²) in [5, 5.41) is 9.27. The number of hydrogen-bond acceptors (Lipinski definition) is 2. The lowest BCUT2D eigenvalue weighted by molar-refractivity contribution is 0.454. The van der Waals surface area contributed by atoms with Gasteiger partial charge in [-0.05, 0) is 40.2 Å². The van der Waals surface area contributed by atoms with Crippen LogP contribution in [0.5, 0.6) is 17.2 Å². The van der Waals surface area contributed by atoms with Gasteiger partial charge in [0.05, 0.1) is 4.47 Å². The molecule has 1 N–H and O–H groups in total. The average molecular weight is 265 g/mol. The van der Waals surface area contributed by atoms with E-state index in [-0.39, 0.29) is 5.75 Å². The Kier molecular flexibility index (Phi) is 2.92. The van der Waals surface area contributed by atoms with Crippen LogP contribution in [-0.2, 0) is 0 Å². The lowest BCUT2D eigenvalue weighted by Gasteiger charge is -2.07. The van der Waals surface area contributed by atoms with E-state index in [2.05, 4.69) is 15.9 Å². The largest absolute Gasteiger partial charge is 0.508 e. The standard InChI is InChI=1S/C12H9BrO2/c13-11-6-1-2-7-12(11)15-10-5-3-4-9(14)8-10/h1-8,14H. The molecule has 0 aliphatic rings. The van der Waals surface area contributed by atoms with Gasteiger partial charge < -0.3 is 9.84 Å². The third kappa shape index (κ3) is 2.50. The summed E-state index contributed by atoms with van der Waals surface area (Å²) < 4.78 is 6.47. The van der Waals surface area contributed by atoms with E-state index >= 15 is 0 Å². The van der Waals surface area contributed by atoms with Crippen molar-refractivity contribution in [3.8, 4) is 17.2 Å². The van der Waals surface area contributed by atoms with Crippen molar-refractivity contribution in [3.05, 3.63) is 53.0 Å². The van der Waals surface area contributed by atoms with Crippen molar-refractivity contribution in [2.24, 2.45) is 0 Å². The molecule has 2 rings (SSSR count). The smallest absolute Gasteiger partial charge is 0.141 e. The van der Waals surface area contributed by atoms with Gasteiger partial charge in [-0.15, -0.1) is 0 Å². The highest BCUT2D eigenvalue weighted by Crippen LogP contribution is 2.30. The summed E-state index contributed by atoms with van der Waals surface area (Å²) in [7, 11) is 0. The molecule has 76 valence electrons. The molecule has 0 aliphatic heterocycles. The number of phenols is 1. The minimum absolute atomic E-state index is 0.194. The predicted molar refractivity (Wildman–Crippen MR) is 62.3 cm³/mol. The molecule has 0 aromatic heterocycles. The molecule has 0 fully saturated rings. The van der Waals surface area contributed by atoms with Crippen molar-refractivity contribution in [1.82, 2.24) is 0 Å². The van der Waals surface area contributed by atoms with Gasteiger partial charge >= 0.3 is 0 Å². The minimum Gasteiger partial charge on any atom is -0.508 e.